The maximum absolute atomic E-state index is 10.7. The van der Waals surface area contributed by atoms with Crippen LogP contribution in [0.15, 0.2) is 29.3 Å². The van der Waals surface area contributed by atoms with Gasteiger partial charge >= 0.3 is 5.97 Å². The van der Waals surface area contributed by atoms with Crippen LogP contribution in [0.3, 0.4) is 0 Å². The maximum Gasteiger partial charge on any atom is 0.308 e. The van der Waals surface area contributed by atoms with E-state index in [1.165, 1.54) is 6.92 Å². The summed E-state index contributed by atoms with van der Waals surface area (Å²) in [4.78, 5) is 14.9. The maximum atomic E-state index is 10.7. The molecule has 1 aromatic rings. The van der Waals surface area contributed by atoms with Gasteiger partial charge in [0.2, 0.25) is 5.90 Å². The molecule has 0 aromatic heterocycles. The average Bonchev–Trinajstić information content (AvgIpc) is 2.71. The molecule has 1 heterocycles. The van der Waals surface area contributed by atoms with Crippen LogP contribution < -0.4 is 4.74 Å². The molecule has 0 saturated carbocycles. The molecule has 0 amide bonds. The van der Waals surface area contributed by atoms with E-state index in [2.05, 4.69) is 4.99 Å². The number of benzene rings is 1. The highest BCUT2D eigenvalue weighted by Crippen LogP contribution is 2.14. The molecule has 0 N–H and O–H groups in total. The monoisotopic (exact) mass is 205 g/mol. The van der Waals surface area contributed by atoms with E-state index in [-0.39, 0.29) is 5.97 Å². The Morgan fingerprint density at radius 2 is 2.13 bits per heavy atom. The van der Waals surface area contributed by atoms with Crippen molar-refractivity contribution in [3.8, 4) is 5.75 Å². The number of hydrogen-bond acceptors (Lipinski definition) is 4. The van der Waals surface area contributed by atoms with Crippen LogP contribution in [0.5, 0.6) is 5.75 Å². The van der Waals surface area contributed by atoms with Crippen molar-refractivity contribution >= 4 is 11.9 Å². The summed E-state index contributed by atoms with van der Waals surface area (Å²) >= 11 is 0. The van der Waals surface area contributed by atoms with Gasteiger partial charge in [0.15, 0.2) is 0 Å². The summed E-state index contributed by atoms with van der Waals surface area (Å²) < 4.78 is 10.2. The number of ether oxygens (including phenoxy) is 2. The highest BCUT2D eigenvalue weighted by Gasteiger charge is 2.09. The minimum absolute atomic E-state index is 0.322. The van der Waals surface area contributed by atoms with E-state index in [0.29, 0.717) is 24.8 Å². The fourth-order valence-electron chi connectivity index (χ4n) is 1.34. The molecule has 1 aliphatic heterocycles. The van der Waals surface area contributed by atoms with Gasteiger partial charge in [-0.2, -0.15) is 0 Å². The van der Waals surface area contributed by atoms with E-state index >= 15 is 0 Å². The Bertz CT molecular complexity index is 395. The Labute approximate surface area is 87.5 Å². The molecule has 0 spiro atoms. The molecule has 0 radical (unpaired) electrons. The zero-order valence-corrected chi connectivity index (χ0v) is 8.40. The van der Waals surface area contributed by atoms with E-state index in [1.807, 2.05) is 12.1 Å². The second-order valence-corrected chi connectivity index (χ2v) is 3.15. The van der Waals surface area contributed by atoms with E-state index in [1.54, 1.807) is 12.1 Å². The fraction of sp³-hybridized carbons (Fsp3) is 0.273. The van der Waals surface area contributed by atoms with Gasteiger partial charge in [0.05, 0.1) is 6.54 Å². The second kappa shape index (κ2) is 4.13. The van der Waals surface area contributed by atoms with Crippen LogP contribution in [0.2, 0.25) is 0 Å². The highest BCUT2D eigenvalue weighted by molar-refractivity contribution is 5.95. The van der Waals surface area contributed by atoms with Gasteiger partial charge in [-0.1, -0.05) is 0 Å². The average molecular weight is 205 g/mol. The molecule has 0 bridgehead atoms. The van der Waals surface area contributed by atoms with Gasteiger partial charge in [-0.3, -0.25) is 4.79 Å². The number of carbonyl (C=O) groups is 1. The van der Waals surface area contributed by atoms with Crippen LogP contribution in [-0.2, 0) is 9.53 Å². The molecule has 0 unspecified atom stereocenters. The lowest BCUT2D eigenvalue weighted by molar-refractivity contribution is -0.131. The fourth-order valence-corrected chi connectivity index (χ4v) is 1.34. The number of nitrogens with zero attached hydrogens (tertiary/aromatic N) is 1. The SMILES string of the molecule is CC(=O)Oc1ccc(C2=NCCO2)cc1. The molecule has 0 saturated heterocycles. The molecular weight excluding hydrogens is 194 g/mol. The normalized spacial score (nSPS) is 14.3. The largest absolute Gasteiger partial charge is 0.476 e. The minimum atomic E-state index is -0.322. The van der Waals surface area contributed by atoms with Gasteiger partial charge in [0.25, 0.3) is 0 Å². The molecule has 0 fully saturated rings. The van der Waals surface area contributed by atoms with Crippen molar-refractivity contribution in [3.63, 3.8) is 0 Å². The predicted octanol–water partition coefficient (Wildman–Crippen LogP) is 1.39. The zero-order valence-electron chi connectivity index (χ0n) is 8.40. The molecule has 0 aliphatic carbocycles. The molecule has 4 heteroatoms. The summed E-state index contributed by atoms with van der Waals surface area (Å²) in [5, 5.41) is 0. The van der Waals surface area contributed by atoms with Crippen LogP contribution in [0.1, 0.15) is 12.5 Å². The Morgan fingerprint density at radius 3 is 2.67 bits per heavy atom. The van der Waals surface area contributed by atoms with Crippen LogP contribution >= 0.6 is 0 Å². The first-order valence-corrected chi connectivity index (χ1v) is 4.72. The van der Waals surface area contributed by atoms with Crippen LogP contribution in [0.25, 0.3) is 0 Å². The Kier molecular flexibility index (Phi) is 2.67. The Morgan fingerprint density at radius 1 is 1.40 bits per heavy atom. The molecule has 2 rings (SSSR count). The molecule has 4 nitrogen and oxygen atoms in total. The van der Waals surface area contributed by atoms with Gasteiger partial charge < -0.3 is 9.47 Å². The first kappa shape index (κ1) is 9.71. The number of hydrogen-bond donors (Lipinski definition) is 0. The third kappa shape index (κ3) is 2.34. The number of aliphatic imine (C=N–C) groups is 1. The van der Waals surface area contributed by atoms with Gasteiger partial charge in [-0.15, -0.1) is 0 Å². The number of rotatable bonds is 2. The quantitative estimate of drug-likeness (QED) is 0.541. The van der Waals surface area contributed by atoms with Crippen LogP contribution in [0.4, 0.5) is 0 Å². The van der Waals surface area contributed by atoms with E-state index in [0.717, 1.165) is 5.56 Å². The second-order valence-electron chi connectivity index (χ2n) is 3.15. The van der Waals surface area contributed by atoms with Crippen molar-refractivity contribution in [1.29, 1.82) is 0 Å². The number of carbonyl (C=O) groups excluding carboxylic acids is 1. The van der Waals surface area contributed by atoms with Crippen molar-refractivity contribution < 1.29 is 14.3 Å². The lowest BCUT2D eigenvalue weighted by Gasteiger charge is -2.03. The first-order chi connectivity index (χ1) is 7.25. The summed E-state index contributed by atoms with van der Waals surface area (Å²) in [5.74, 6) is 0.867. The minimum Gasteiger partial charge on any atom is -0.476 e. The van der Waals surface area contributed by atoms with Gasteiger partial charge in [0.1, 0.15) is 12.4 Å². The van der Waals surface area contributed by atoms with Crippen LogP contribution in [-0.4, -0.2) is 25.0 Å². The Balaban J connectivity index is 2.13. The van der Waals surface area contributed by atoms with Crippen LogP contribution in [0, 0.1) is 0 Å². The van der Waals surface area contributed by atoms with Crippen molar-refractivity contribution in [2.24, 2.45) is 4.99 Å². The lowest BCUT2D eigenvalue weighted by atomic mass is 10.2. The summed E-state index contributed by atoms with van der Waals surface area (Å²) in [7, 11) is 0. The first-order valence-electron chi connectivity index (χ1n) is 4.72. The summed E-state index contributed by atoms with van der Waals surface area (Å²) in [5.41, 5.74) is 0.906. The summed E-state index contributed by atoms with van der Waals surface area (Å²) in [6.45, 7) is 2.72. The van der Waals surface area contributed by atoms with E-state index in [9.17, 15) is 4.79 Å². The van der Waals surface area contributed by atoms with Gasteiger partial charge in [-0.25, -0.2) is 4.99 Å². The number of esters is 1. The van der Waals surface area contributed by atoms with Crippen molar-refractivity contribution in [2.45, 2.75) is 6.92 Å². The van der Waals surface area contributed by atoms with Crippen molar-refractivity contribution in [3.05, 3.63) is 29.8 Å². The zero-order chi connectivity index (χ0) is 10.7. The predicted molar refractivity (Wildman–Crippen MR) is 55.1 cm³/mol. The summed E-state index contributed by atoms with van der Waals surface area (Å²) in [6, 6.07) is 7.09. The highest BCUT2D eigenvalue weighted by atomic mass is 16.5. The van der Waals surface area contributed by atoms with Crippen molar-refractivity contribution in [1.82, 2.24) is 0 Å². The van der Waals surface area contributed by atoms with Crippen molar-refractivity contribution in [2.75, 3.05) is 13.2 Å². The standard InChI is InChI=1S/C11H11NO3/c1-8(13)15-10-4-2-9(3-5-10)11-12-6-7-14-11/h2-5H,6-7H2,1H3. The van der Waals surface area contributed by atoms with E-state index < -0.39 is 0 Å². The Hall–Kier alpha value is -1.84. The molecular formula is C11H11NO3. The molecule has 0 atom stereocenters. The third-order valence-corrected chi connectivity index (χ3v) is 1.95. The molecule has 1 aliphatic rings. The molecule has 15 heavy (non-hydrogen) atoms. The third-order valence-electron chi connectivity index (χ3n) is 1.95. The van der Waals surface area contributed by atoms with E-state index in [4.69, 9.17) is 9.47 Å². The van der Waals surface area contributed by atoms with Gasteiger partial charge in [0, 0.05) is 12.5 Å². The van der Waals surface area contributed by atoms with Gasteiger partial charge in [-0.05, 0) is 24.3 Å². The topological polar surface area (TPSA) is 47.9 Å². The lowest BCUT2D eigenvalue weighted by Crippen LogP contribution is -2.03. The molecule has 1 aromatic carbocycles. The smallest absolute Gasteiger partial charge is 0.308 e. The summed E-state index contributed by atoms with van der Waals surface area (Å²) in [6.07, 6.45) is 0. The molecule has 78 valence electrons.